The summed E-state index contributed by atoms with van der Waals surface area (Å²) in [6, 6.07) is 10.2. The summed E-state index contributed by atoms with van der Waals surface area (Å²) in [5.41, 5.74) is 3.25. The van der Waals surface area contributed by atoms with E-state index in [1.54, 1.807) is 12.1 Å². The van der Waals surface area contributed by atoms with Gasteiger partial charge in [0.1, 0.15) is 5.75 Å². The van der Waals surface area contributed by atoms with Gasteiger partial charge in [-0.25, -0.2) is 0 Å². The van der Waals surface area contributed by atoms with Crippen LogP contribution in [0.4, 0.5) is 13.2 Å². The number of nitrogens with one attached hydrogen (secondary N) is 1. The smallest absolute Gasteiger partial charge is 0.406 e. The van der Waals surface area contributed by atoms with Gasteiger partial charge in [0.2, 0.25) is 6.41 Å². The number of halogens is 3. The number of benzene rings is 2. The van der Waals surface area contributed by atoms with E-state index in [0.29, 0.717) is 40.6 Å². The van der Waals surface area contributed by atoms with Crippen LogP contribution in [0.15, 0.2) is 43.0 Å². The van der Waals surface area contributed by atoms with E-state index in [2.05, 4.69) is 29.6 Å². The van der Waals surface area contributed by atoms with Crippen molar-refractivity contribution >= 4 is 6.41 Å². The Hall–Kier alpha value is -1.75. The van der Waals surface area contributed by atoms with Crippen molar-refractivity contribution in [2.24, 2.45) is 0 Å². The van der Waals surface area contributed by atoms with Gasteiger partial charge in [0, 0.05) is 13.2 Å². The monoisotopic (exact) mass is 631 g/mol. The molecule has 0 saturated heterocycles. The van der Waals surface area contributed by atoms with Gasteiger partial charge >= 0.3 is 37.5 Å². The molecular weight excluding hydrogens is 609 g/mol. The topological polar surface area (TPSA) is 58.6 Å². The summed E-state index contributed by atoms with van der Waals surface area (Å²) >= 11 is 0. The second kappa shape index (κ2) is 13.5. The number of amides is 1. The summed E-state index contributed by atoms with van der Waals surface area (Å²) in [6.45, 7) is 9.03. The molecule has 0 saturated carbocycles. The van der Waals surface area contributed by atoms with E-state index in [-0.39, 0.29) is 50.0 Å². The van der Waals surface area contributed by atoms with E-state index in [9.17, 15) is 23.1 Å². The van der Waals surface area contributed by atoms with Gasteiger partial charge in [0.05, 0.1) is 0 Å². The summed E-state index contributed by atoms with van der Waals surface area (Å²) < 4.78 is 40.5. The molecule has 0 fully saturated rings. The fourth-order valence-electron chi connectivity index (χ4n) is 2.44. The number of alkyl halides is 3. The predicted octanol–water partition coefficient (Wildman–Crippen LogP) is 4.36. The van der Waals surface area contributed by atoms with Crippen LogP contribution in [0.25, 0.3) is 11.1 Å². The van der Waals surface area contributed by atoms with Gasteiger partial charge in [0.25, 0.3) is 0 Å². The van der Waals surface area contributed by atoms with Crippen LogP contribution in [-0.4, -0.2) is 17.9 Å². The maximum Gasteiger partial charge on any atom is 2.00 e. The van der Waals surface area contributed by atoms with Gasteiger partial charge < -0.3 is 22.1 Å². The molecule has 0 aromatic heterocycles. The summed E-state index contributed by atoms with van der Waals surface area (Å²) in [5, 5.41) is 12.1. The number of aliphatic hydroxyl groups excluding tert-OH is 1. The molecule has 2 rings (SSSR count). The number of ether oxygens (including phenoxy) is 1. The third kappa shape index (κ3) is 9.07. The first kappa shape index (κ1) is 27.3. The zero-order valence-corrected chi connectivity index (χ0v) is 20.1. The predicted molar refractivity (Wildman–Crippen MR) is 101 cm³/mol. The molecule has 4 nitrogen and oxygen atoms in total. The average molecular weight is 631 g/mol. The van der Waals surface area contributed by atoms with Crippen molar-refractivity contribution < 1.29 is 58.9 Å². The Balaban J connectivity index is 0.00000184. The molecule has 0 heterocycles. The molecule has 0 atom stereocenters. The van der Waals surface area contributed by atoms with E-state index in [1.807, 2.05) is 6.92 Å². The maximum absolute atomic E-state index is 12.2. The van der Waals surface area contributed by atoms with Crippen molar-refractivity contribution in [2.75, 3.05) is 0 Å². The second-order valence-electron chi connectivity index (χ2n) is 5.55. The molecule has 8 heteroatoms. The third-order valence-corrected chi connectivity index (χ3v) is 3.54. The van der Waals surface area contributed by atoms with Gasteiger partial charge in [-0.05, 0) is 19.1 Å². The van der Waals surface area contributed by atoms with Crippen LogP contribution >= 0.6 is 0 Å². The van der Waals surface area contributed by atoms with Gasteiger partial charge in [-0.15, -0.1) is 43.0 Å². The Bertz CT molecular complexity index is 778. The number of rotatable bonds is 7. The minimum absolute atomic E-state index is 0. The fraction of sp³-hybridized carbons (Fsp3) is 0.238. The fourth-order valence-corrected chi connectivity index (χ4v) is 2.44. The van der Waals surface area contributed by atoms with Crippen molar-refractivity contribution in [2.45, 2.75) is 32.9 Å². The van der Waals surface area contributed by atoms with Gasteiger partial charge in [-0.1, -0.05) is 29.3 Å². The van der Waals surface area contributed by atoms with E-state index in [1.165, 1.54) is 24.3 Å². The van der Waals surface area contributed by atoms with E-state index in [0.717, 1.165) is 0 Å². The van der Waals surface area contributed by atoms with Crippen LogP contribution in [-0.2, 0) is 24.4 Å². The molecular formula is C21H22F3NO3U. The molecule has 0 unspecified atom stereocenters. The quantitative estimate of drug-likeness (QED) is 0.272. The number of aliphatic hydroxyl groups is 1. The molecule has 2 aromatic rings. The van der Waals surface area contributed by atoms with Crippen molar-refractivity contribution in [1.29, 1.82) is 0 Å². The van der Waals surface area contributed by atoms with Crippen LogP contribution in [0, 0.1) is 44.1 Å². The third-order valence-electron chi connectivity index (χ3n) is 3.54. The average Bonchev–Trinajstić information content (AvgIpc) is 2.65. The first-order valence-electron chi connectivity index (χ1n) is 8.36. The van der Waals surface area contributed by atoms with Gasteiger partial charge in [0.15, 0.2) is 0 Å². The van der Waals surface area contributed by atoms with Crippen LogP contribution < -0.4 is 10.1 Å². The van der Waals surface area contributed by atoms with Gasteiger partial charge in [-0.3, -0.25) is 4.79 Å². The zero-order valence-electron chi connectivity index (χ0n) is 16.0. The van der Waals surface area contributed by atoms with Gasteiger partial charge in [-0.2, -0.15) is 12.0 Å². The second-order valence-corrected chi connectivity index (χ2v) is 5.55. The molecule has 1 amide bonds. The normalized spacial score (nSPS) is 10.1. The Morgan fingerprint density at radius 3 is 2.34 bits per heavy atom. The minimum atomic E-state index is -4.74. The Morgan fingerprint density at radius 1 is 1.31 bits per heavy atom. The summed E-state index contributed by atoms with van der Waals surface area (Å²) in [7, 11) is 0. The number of hydrogen-bond donors (Lipinski definition) is 2. The van der Waals surface area contributed by atoms with Crippen molar-refractivity contribution in [3.05, 3.63) is 72.7 Å². The molecule has 2 aromatic carbocycles. The van der Waals surface area contributed by atoms with Crippen molar-refractivity contribution in [1.82, 2.24) is 5.32 Å². The number of carbonyl (C=O) groups excluding carboxylic acids is 1. The summed E-state index contributed by atoms with van der Waals surface area (Å²) in [4.78, 5) is 10.5. The van der Waals surface area contributed by atoms with E-state index < -0.39 is 6.36 Å². The van der Waals surface area contributed by atoms with Crippen LogP contribution in [0.1, 0.15) is 23.6 Å². The first-order chi connectivity index (χ1) is 13.3. The number of carbonyl (C=O) groups is 1. The molecule has 2 N–H and O–H groups in total. The maximum atomic E-state index is 12.2. The SMILES string of the molecule is C=CC.[CH2-]Cc1[c-]c(-c2ccc(OC(F)(F)F)cc2)cc(CNC=O)c1CO.[U+2]. The van der Waals surface area contributed by atoms with Crippen LogP contribution in [0.5, 0.6) is 5.75 Å². The molecule has 0 bridgehead atoms. The molecule has 0 aliphatic heterocycles. The summed E-state index contributed by atoms with van der Waals surface area (Å²) in [5.74, 6) is -0.316. The number of hydrogen-bond acceptors (Lipinski definition) is 3. The largest absolute Gasteiger partial charge is 2.00 e. The van der Waals surface area contributed by atoms with Crippen LogP contribution in [0.2, 0.25) is 0 Å². The van der Waals surface area contributed by atoms with E-state index in [4.69, 9.17) is 0 Å². The molecule has 0 aliphatic carbocycles. The van der Waals surface area contributed by atoms with Crippen molar-refractivity contribution in [3.63, 3.8) is 0 Å². The van der Waals surface area contributed by atoms with E-state index >= 15 is 0 Å². The molecule has 154 valence electrons. The number of allylic oxidation sites excluding steroid dienone is 1. The Kier molecular flexibility index (Phi) is 12.7. The van der Waals surface area contributed by atoms with Crippen molar-refractivity contribution in [3.8, 4) is 16.9 Å². The molecule has 0 radical (unpaired) electrons. The molecule has 0 spiro atoms. The Labute approximate surface area is 192 Å². The molecule has 29 heavy (non-hydrogen) atoms. The first-order valence-corrected chi connectivity index (χ1v) is 8.36. The zero-order chi connectivity index (χ0) is 21.2. The summed E-state index contributed by atoms with van der Waals surface area (Å²) in [6.07, 6.45) is -2.08. The molecule has 0 aliphatic rings. The minimum Gasteiger partial charge on any atom is -0.406 e. The van der Waals surface area contributed by atoms with Crippen LogP contribution in [0.3, 0.4) is 0 Å². The Morgan fingerprint density at radius 2 is 1.90 bits per heavy atom. The standard InChI is InChI=1S/C18H16F3NO3.C3H6.U/c1-2-12-7-14(8-15(9-22-11-24)17(12)10-23)13-3-5-16(6-4-13)25-18(19,20)21;1-3-2;/h3-6,8,11,23H,1-2,9-10H2,(H,22,24);3H,1H2,2H3;/q-2;;+2.